The van der Waals surface area contributed by atoms with E-state index in [9.17, 15) is 32.7 Å². The first-order valence-corrected chi connectivity index (χ1v) is 17.3. The quantitative estimate of drug-likeness (QED) is 0.329. The minimum atomic E-state index is -3.33. The van der Waals surface area contributed by atoms with Gasteiger partial charge in [-0.1, -0.05) is 50.3 Å². The van der Waals surface area contributed by atoms with Crippen LogP contribution in [0.4, 0.5) is 4.79 Å². The number of carbonyl (C=O) groups excluding carboxylic acids is 3. The standard InChI is InChI=1S/C30H44N4O9S/c1-44(40,41)34-15-13-23(14-16-34)43-30(39)32-25(19-21-7-3-2-4-8-21)28(36)31-24(29(37)38)11-12-27(35)33-17-18-42-26-10-6-5-9-22(26)20-33/h5-6,9-10,21,23-25H,2-4,7-8,11-20H2,1H3,(H,31,36)(H,32,39)(H,37,38)/t24-,25-/m0/s1. The van der Waals surface area contributed by atoms with Crippen molar-refractivity contribution in [3.8, 4) is 5.75 Å². The molecular weight excluding hydrogens is 592 g/mol. The number of hydrogen-bond acceptors (Lipinski definition) is 8. The van der Waals surface area contributed by atoms with Crippen molar-refractivity contribution in [2.45, 2.75) is 88.9 Å². The molecule has 44 heavy (non-hydrogen) atoms. The number of amides is 3. The monoisotopic (exact) mass is 636 g/mol. The molecule has 244 valence electrons. The number of benzene rings is 1. The maximum atomic E-state index is 13.4. The zero-order valence-electron chi connectivity index (χ0n) is 25.2. The summed E-state index contributed by atoms with van der Waals surface area (Å²) in [6.07, 6.45) is 5.62. The molecule has 0 bridgehead atoms. The van der Waals surface area contributed by atoms with Crippen LogP contribution in [0.25, 0.3) is 0 Å². The van der Waals surface area contributed by atoms with E-state index in [0.29, 0.717) is 44.7 Å². The first-order valence-electron chi connectivity index (χ1n) is 15.4. The topological polar surface area (TPSA) is 172 Å². The largest absolute Gasteiger partial charge is 0.491 e. The molecule has 1 saturated carbocycles. The Hall–Kier alpha value is -3.39. The van der Waals surface area contributed by atoms with Crippen LogP contribution in [0.15, 0.2) is 24.3 Å². The molecule has 1 aliphatic carbocycles. The molecule has 3 N–H and O–H groups in total. The zero-order chi connectivity index (χ0) is 31.7. The van der Waals surface area contributed by atoms with Gasteiger partial charge in [0.15, 0.2) is 0 Å². The summed E-state index contributed by atoms with van der Waals surface area (Å²) in [4.78, 5) is 53.0. The second-order valence-electron chi connectivity index (χ2n) is 11.9. The first kappa shape index (κ1) is 33.5. The van der Waals surface area contributed by atoms with E-state index in [4.69, 9.17) is 9.47 Å². The highest BCUT2D eigenvalue weighted by molar-refractivity contribution is 7.88. The van der Waals surface area contributed by atoms with Crippen molar-refractivity contribution in [2.24, 2.45) is 5.92 Å². The SMILES string of the molecule is CS(=O)(=O)N1CCC(OC(=O)N[C@@H](CC2CCCCC2)C(=O)N[C@@H](CCC(=O)N2CCOc3ccccc3C2)C(=O)O)CC1. The van der Waals surface area contributed by atoms with Gasteiger partial charge in [-0.2, -0.15) is 0 Å². The Balaban J connectivity index is 1.33. The third kappa shape index (κ3) is 9.81. The Morgan fingerprint density at radius 1 is 1.00 bits per heavy atom. The Kier molecular flexibility index (Phi) is 11.8. The minimum Gasteiger partial charge on any atom is -0.491 e. The van der Waals surface area contributed by atoms with Gasteiger partial charge in [0.2, 0.25) is 21.8 Å². The Bertz CT molecular complexity index is 1280. The van der Waals surface area contributed by atoms with E-state index >= 15 is 0 Å². The molecule has 14 heteroatoms. The number of piperidine rings is 1. The molecule has 13 nitrogen and oxygen atoms in total. The number of ether oxygens (including phenoxy) is 2. The summed E-state index contributed by atoms with van der Waals surface area (Å²) >= 11 is 0. The molecule has 1 aromatic rings. The fourth-order valence-corrected chi connectivity index (χ4v) is 6.97. The predicted octanol–water partition coefficient (Wildman–Crippen LogP) is 2.25. The fourth-order valence-electron chi connectivity index (χ4n) is 6.09. The smallest absolute Gasteiger partial charge is 0.408 e. The molecule has 0 spiro atoms. The van der Waals surface area contributed by atoms with Crippen LogP contribution in [0, 0.1) is 5.92 Å². The summed E-state index contributed by atoms with van der Waals surface area (Å²) in [5.41, 5.74) is 0.867. The van der Waals surface area contributed by atoms with Crippen LogP contribution in [-0.4, -0.2) is 97.3 Å². The van der Waals surface area contributed by atoms with Crippen LogP contribution < -0.4 is 15.4 Å². The number of hydrogen-bond donors (Lipinski definition) is 3. The minimum absolute atomic E-state index is 0.0889. The van der Waals surface area contributed by atoms with Crippen LogP contribution in [0.3, 0.4) is 0 Å². The molecule has 2 fully saturated rings. The number of sulfonamides is 1. The third-order valence-corrected chi connectivity index (χ3v) is 9.92. The zero-order valence-corrected chi connectivity index (χ0v) is 26.1. The lowest BCUT2D eigenvalue weighted by atomic mass is 9.84. The fraction of sp³-hybridized carbons (Fsp3) is 0.667. The van der Waals surface area contributed by atoms with E-state index in [1.807, 2.05) is 24.3 Å². The maximum Gasteiger partial charge on any atom is 0.408 e. The molecule has 0 radical (unpaired) electrons. The molecule has 3 aliphatic rings. The van der Waals surface area contributed by atoms with Gasteiger partial charge in [-0.3, -0.25) is 9.59 Å². The number of para-hydroxylation sites is 1. The van der Waals surface area contributed by atoms with Gasteiger partial charge >= 0.3 is 12.1 Å². The second-order valence-corrected chi connectivity index (χ2v) is 13.9. The molecule has 2 aliphatic heterocycles. The van der Waals surface area contributed by atoms with Crippen molar-refractivity contribution in [3.05, 3.63) is 29.8 Å². The number of nitrogens with one attached hydrogen (secondary N) is 2. The number of alkyl carbamates (subject to hydrolysis) is 1. The van der Waals surface area contributed by atoms with Crippen LogP contribution >= 0.6 is 0 Å². The number of carboxylic acids is 1. The molecule has 3 amide bonds. The van der Waals surface area contributed by atoms with E-state index in [-0.39, 0.29) is 37.8 Å². The lowest BCUT2D eigenvalue weighted by Gasteiger charge is -2.31. The molecule has 0 aromatic heterocycles. The summed E-state index contributed by atoms with van der Waals surface area (Å²) in [6.45, 7) is 1.50. The lowest BCUT2D eigenvalue weighted by molar-refractivity contribution is -0.142. The van der Waals surface area contributed by atoms with Crippen LogP contribution in [0.2, 0.25) is 0 Å². The van der Waals surface area contributed by atoms with Gasteiger partial charge in [-0.05, 0) is 37.7 Å². The summed E-state index contributed by atoms with van der Waals surface area (Å²) in [7, 11) is -3.33. The molecule has 2 atom stereocenters. The second kappa shape index (κ2) is 15.6. The molecule has 1 saturated heterocycles. The first-order chi connectivity index (χ1) is 21.0. The average molecular weight is 637 g/mol. The van der Waals surface area contributed by atoms with Gasteiger partial charge in [-0.15, -0.1) is 0 Å². The van der Waals surface area contributed by atoms with Gasteiger partial charge in [-0.25, -0.2) is 22.3 Å². The number of carbonyl (C=O) groups is 4. The lowest BCUT2D eigenvalue weighted by Crippen LogP contribution is -2.53. The van der Waals surface area contributed by atoms with Crippen molar-refractivity contribution in [3.63, 3.8) is 0 Å². The number of rotatable bonds is 11. The molecular formula is C30H44N4O9S. The molecule has 2 heterocycles. The number of carboxylic acid groups (broad SMARTS) is 1. The summed E-state index contributed by atoms with van der Waals surface area (Å²) < 4.78 is 36.1. The van der Waals surface area contributed by atoms with E-state index in [2.05, 4.69) is 10.6 Å². The van der Waals surface area contributed by atoms with Gasteiger partial charge < -0.3 is 30.1 Å². The maximum absolute atomic E-state index is 13.4. The molecule has 0 unspecified atom stereocenters. The van der Waals surface area contributed by atoms with Crippen molar-refractivity contribution in [2.75, 3.05) is 32.5 Å². The summed E-state index contributed by atoms with van der Waals surface area (Å²) in [5.74, 6) is -1.25. The van der Waals surface area contributed by atoms with Gasteiger partial charge in [0.05, 0.1) is 12.8 Å². The van der Waals surface area contributed by atoms with E-state index < -0.39 is 46.2 Å². The van der Waals surface area contributed by atoms with Crippen LogP contribution in [-0.2, 0) is 35.7 Å². The van der Waals surface area contributed by atoms with Crippen LogP contribution in [0.1, 0.15) is 69.8 Å². The summed E-state index contributed by atoms with van der Waals surface area (Å²) in [5, 5.41) is 15.1. The van der Waals surface area contributed by atoms with Gasteiger partial charge in [0.25, 0.3) is 0 Å². The van der Waals surface area contributed by atoms with E-state index in [1.165, 1.54) is 4.31 Å². The van der Waals surface area contributed by atoms with E-state index in [0.717, 1.165) is 43.9 Å². The van der Waals surface area contributed by atoms with Crippen molar-refractivity contribution in [1.29, 1.82) is 0 Å². The Morgan fingerprint density at radius 2 is 1.70 bits per heavy atom. The average Bonchev–Trinajstić information content (AvgIpc) is 3.21. The third-order valence-electron chi connectivity index (χ3n) is 8.61. The van der Waals surface area contributed by atoms with E-state index in [1.54, 1.807) is 4.90 Å². The normalized spacial score (nSPS) is 19.9. The molecule has 1 aromatic carbocycles. The Morgan fingerprint density at radius 3 is 2.39 bits per heavy atom. The van der Waals surface area contributed by atoms with Gasteiger partial charge in [0, 0.05) is 31.6 Å². The number of nitrogens with zero attached hydrogens (tertiary/aromatic N) is 2. The highest BCUT2D eigenvalue weighted by atomic mass is 32.2. The van der Waals surface area contributed by atoms with Crippen molar-refractivity contribution < 1.29 is 42.2 Å². The van der Waals surface area contributed by atoms with Gasteiger partial charge in [0.1, 0.15) is 30.5 Å². The number of aliphatic carboxylic acids is 1. The molecule has 4 rings (SSSR count). The van der Waals surface area contributed by atoms with Crippen LogP contribution in [0.5, 0.6) is 5.75 Å². The van der Waals surface area contributed by atoms with Crippen molar-refractivity contribution in [1.82, 2.24) is 19.8 Å². The summed E-state index contributed by atoms with van der Waals surface area (Å²) in [6, 6.07) is 5.10. The predicted molar refractivity (Wildman–Crippen MR) is 160 cm³/mol. The Labute approximate surface area is 258 Å². The van der Waals surface area contributed by atoms with Crippen molar-refractivity contribution >= 4 is 33.9 Å². The number of fused-ring (bicyclic) bond motifs is 1. The highest BCUT2D eigenvalue weighted by Gasteiger charge is 2.32. The highest BCUT2D eigenvalue weighted by Crippen LogP contribution is 2.28.